The van der Waals surface area contributed by atoms with Crippen molar-refractivity contribution >= 4 is 5.97 Å². The molecule has 1 saturated carbocycles. The van der Waals surface area contributed by atoms with Gasteiger partial charge >= 0.3 is 5.97 Å². The van der Waals surface area contributed by atoms with Crippen LogP contribution in [-0.2, 0) is 14.3 Å². The van der Waals surface area contributed by atoms with Crippen molar-refractivity contribution in [1.29, 1.82) is 0 Å². The lowest BCUT2D eigenvalue weighted by molar-refractivity contribution is -0.200. The molecule has 2 atom stereocenters. The van der Waals surface area contributed by atoms with Crippen LogP contribution in [-0.4, -0.2) is 18.4 Å². The van der Waals surface area contributed by atoms with Gasteiger partial charge in [-0.1, -0.05) is 47.0 Å². The van der Waals surface area contributed by atoms with E-state index in [4.69, 9.17) is 9.47 Å². The lowest BCUT2D eigenvalue weighted by Crippen LogP contribution is -2.31. The lowest BCUT2D eigenvalue weighted by Gasteiger charge is -2.28. The molecule has 0 N–H and O–H groups in total. The van der Waals surface area contributed by atoms with Gasteiger partial charge < -0.3 is 9.47 Å². The molecule has 0 aromatic rings. The Morgan fingerprint density at radius 1 is 1.16 bits per heavy atom. The van der Waals surface area contributed by atoms with E-state index in [1.54, 1.807) is 0 Å². The van der Waals surface area contributed by atoms with E-state index in [9.17, 15) is 4.79 Å². The third kappa shape index (κ3) is 6.42. The molecule has 3 nitrogen and oxygen atoms in total. The van der Waals surface area contributed by atoms with Crippen molar-refractivity contribution < 1.29 is 14.3 Å². The summed E-state index contributed by atoms with van der Waals surface area (Å²) in [7, 11) is 0. The van der Waals surface area contributed by atoms with Gasteiger partial charge in [-0.15, -0.1) is 0 Å². The van der Waals surface area contributed by atoms with Gasteiger partial charge in [-0.05, 0) is 25.2 Å². The monoisotopic (exact) mass is 270 g/mol. The van der Waals surface area contributed by atoms with E-state index in [1.165, 1.54) is 19.3 Å². The van der Waals surface area contributed by atoms with Crippen LogP contribution in [0.1, 0.15) is 72.6 Å². The average molecular weight is 270 g/mol. The second kappa shape index (κ2) is 8.57. The summed E-state index contributed by atoms with van der Waals surface area (Å²) < 4.78 is 11.6. The number of hydrogen-bond donors (Lipinski definition) is 0. The molecular weight excluding hydrogens is 240 g/mol. The maximum Gasteiger partial charge on any atom is 0.310 e. The van der Waals surface area contributed by atoms with Crippen LogP contribution in [0.4, 0.5) is 0 Å². The maximum absolute atomic E-state index is 11.9. The Morgan fingerprint density at radius 2 is 1.79 bits per heavy atom. The molecule has 0 aromatic heterocycles. The minimum Gasteiger partial charge on any atom is -0.436 e. The number of esters is 1. The molecule has 0 aromatic carbocycles. The number of carbonyl (C=O) groups is 1. The highest BCUT2D eigenvalue weighted by molar-refractivity contribution is 5.71. The zero-order valence-electron chi connectivity index (χ0n) is 13.0. The molecule has 1 rings (SSSR count). The summed E-state index contributed by atoms with van der Waals surface area (Å²) >= 11 is 0. The molecular formula is C16H30O3. The Morgan fingerprint density at radius 3 is 2.32 bits per heavy atom. The van der Waals surface area contributed by atoms with Gasteiger partial charge in [0.15, 0.2) is 0 Å². The first-order valence-corrected chi connectivity index (χ1v) is 7.88. The number of carbonyl (C=O) groups excluding carboxylic acids is 1. The van der Waals surface area contributed by atoms with Crippen molar-refractivity contribution in [1.82, 2.24) is 0 Å². The SMILES string of the molecule is CCC(C)C(=O)OC(CC(C)C)OC1CCCCC1. The van der Waals surface area contributed by atoms with Gasteiger partial charge in [0.05, 0.1) is 12.0 Å². The van der Waals surface area contributed by atoms with Crippen LogP contribution in [0.2, 0.25) is 0 Å². The van der Waals surface area contributed by atoms with Crippen LogP contribution in [0.3, 0.4) is 0 Å². The summed E-state index contributed by atoms with van der Waals surface area (Å²) in [6, 6.07) is 0. The number of hydrogen-bond acceptors (Lipinski definition) is 3. The van der Waals surface area contributed by atoms with Crippen LogP contribution >= 0.6 is 0 Å². The van der Waals surface area contributed by atoms with Crippen LogP contribution < -0.4 is 0 Å². The summed E-state index contributed by atoms with van der Waals surface area (Å²) in [4.78, 5) is 11.9. The molecule has 1 aliphatic rings. The second-order valence-corrected chi connectivity index (χ2v) is 6.20. The molecule has 3 heteroatoms. The standard InChI is InChI=1S/C16H30O3/c1-5-13(4)16(17)19-15(11-12(2)3)18-14-9-7-6-8-10-14/h12-15H,5-11H2,1-4H3. The van der Waals surface area contributed by atoms with Crippen molar-refractivity contribution in [3.05, 3.63) is 0 Å². The van der Waals surface area contributed by atoms with Gasteiger partial charge in [-0.2, -0.15) is 0 Å². The highest BCUT2D eigenvalue weighted by Crippen LogP contribution is 2.24. The molecule has 0 heterocycles. The lowest BCUT2D eigenvalue weighted by atomic mass is 9.97. The second-order valence-electron chi connectivity index (χ2n) is 6.20. The van der Waals surface area contributed by atoms with Crippen molar-refractivity contribution in [2.24, 2.45) is 11.8 Å². The Bertz CT molecular complexity index is 257. The van der Waals surface area contributed by atoms with Crippen LogP contribution in [0.5, 0.6) is 0 Å². The topological polar surface area (TPSA) is 35.5 Å². The largest absolute Gasteiger partial charge is 0.436 e. The third-order valence-corrected chi connectivity index (χ3v) is 3.82. The van der Waals surface area contributed by atoms with Crippen molar-refractivity contribution in [2.75, 3.05) is 0 Å². The molecule has 0 saturated heterocycles. The van der Waals surface area contributed by atoms with Gasteiger partial charge in [-0.25, -0.2) is 0 Å². The molecule has 1 aliphatic carbocycles. The van der Waals surface area contributed by atoms with Crippen LogP contribution in [0, 0.1) is 11.8 Å². The minimum atomic E-state index is -0.357. The highest BCUT2D eigenvalue weighted by atomic mass is 16.7. The molecule has 112 valence electrons. The summed E-state index contributed by atoms with van der Waals surface area (Å²) in [5, 5.41) is 0. The third-order valence-electron chi connectivity index (χ3n) is 3.82. The van der Waals surface area contributed by atoms with Crippen molar-refractivity contribution in [2.45, 2.75) is 85.0 Å². The predicted molar refractivity (Wildman–Crippen MR) is 76.7 cm³/mol. The van der Waals surface area contributed by atoms with Gasteiger partial charge in [0.2, 0.25) is 6.29 Å². The Balaban J connectivity index is 2.47. The number of ether oxygens (including phenoxy) is 2. The van der Waals surface area contributed by atoms with Crippen molar-refractivity contribution in [3.63, 3.8) is 0 Å². The Labute approximate surface area is 118 Å². The van der Waals surface area contributed by atoms with Gasteiger partial charge in [-0.3, -0.25) is 4.79 Å². The molecule has 1 fully saturated rings. The normalized spacial score (nSPS) is 20.3. The van der Waals surface area contributed by atoms with E-state index in [2.05, 4.69) is 13.8 Å². The molecule has 0 spiro atoms. The van der Waals surface area contributed by atoms with Crippen LogP contribution in [0.25, 0.3) is 0 Å². The molecule has 0 radical (unpaired) electrons. The zero-order chi connectivity index (χ0) is 14.3. The van der Waals surface area contributed by atoms with Crippen LogP contribution in [0.15, 0.2) is 0 Å². The van der Waals surface area contributed by atoms with E-state index in [-0.39, 0.29) is 24.3 Å². The fourth-order valence-electron chi connectivity index (χ4n) is 2.34. The van der Waals surface area contributed by atoms with E-state index in [0.717, 1.165) is 25.7 Å². The van der Waals surface area contributed by atoms with Gasteiger partial charge in [0.25, 0.3) is 0 Å². The zero-order valence-corrected chi connectivity index (χ0v) is 13.0. The summed E-state index contributed by atoms with van der Waals surface area (Å²) in [5.41, 5.74) is 0. The van der Waals surface area contributed by atoms with Gasteiger partial charge in [0, 0.05) is 6.42 Å². The van der Waals surface area contributed by atoms with E-state index in [0.29, 0.717) is 5.92 Å². The highest BCUT2D eigenvalue weighted by Gasteiger charge is 2.24. The predicted octanol–water partition coefficient (Wildman–Crippen LogP) is 4.30. The van der Waals surface area contributed by atoms with Gasteiger partial charge in [0.1, 0.15) is 0 Å². The first-order chi connectivity index (χ1) is 9.02. The minimum absolute atomic E-state index is 0.0374. The first kappa shape index (κ1) is 16.5. The fourth-order valence-corrected chi connectivity index (χ4v) is 2.34. The Kier molecular flexibility index (Phi) is 7.44. The smallest absolute Gasteiger partial charge is 0.310 e. The number of rotatable bonds is 7. The molecule has 0 bridgehead atoms. The van der Waals surface area contributed by atoms with Crippen molar-refractivity contribution in [3.8, 4) is 0 Å². The van der Waals surface area contributed by atoms with E-state index >= 15 is 0 Å². The molecule has 0 aliphatic heterocycles. The molecule has 2 unspecified atom stereocenters. The molecule has 0 amide bonds. The maximum atomic E-state index is 11.9. The quantitative estimate of drug-likeness (QED) is 0.511. The Hall–Kier alpha value is -0.570. The first-order valence-electron chi connectivity index (χ1n) is 7.88. The summed E-state index contributed by atoms with van der Waals surface area (Å²) in [6.07, 6.45) is 7.52. The molecule has 19 heavy (non-hydrogen) atoms. The van der Waals surface area contributed by atoms with E-state index in [1.807, 2.05) is 13.8 Å². The summed E-state index contributed by atoms with van der Waals surface area (Å²) in [5.74, 6) is 0.312. The van der Waals surface area contributed by atoms with E-state index < -0.39 is 0 Å². The summed E-state index contributed by atoms with van der Waals surface area (Å²) in [6.45, 7) is 8.18. The average Bonchev–Trinajstić information content (AvgIpc) is 2.38. The fraction of sp³-hybridized carbons (Fsp3) is 0.938.